The molecule has 0 atom stereocenters. The van der Waals surface area contributed by atoms with E-state index < -0.39 is 17.9 Å². The van der Waals surface area contributed by atoms with Gasteiger partial charge >= 0.3 is 11.9 Å². The van der Waals surface area contributed by atoms with Crippen LogP contribution in [0.4, 0.5) is 5.95 Å². The van der Waals surface area contributed by atoms with E-state index >= 15 is 0 Å². The first-order valence-corrected chi connectivity index (χ1v) is 8.02. The molecule has 24 heavy (non-hydrogen) atoms. The van der Waals surface area contributed by atoms with E-state index in [2.05, 4.69) is 15.0 Å². The summed E-state index contributed by atoms with van der Waals surface area (Å²) >= 11 is 5.95. The van der Waals surface area contributed by atoms with Crippen LogP contribution in [0.5, 0.6) is 0 Å². The second-order valence-corrected chi connectivity index (χ2v) is 5.14. The van der Waals surface area contributed by atoms with Gasteiger partial charge in [0.2, 0.25) is 17.1 Å². The molecule has 0 radical (unpaired) electrons. The number of nitrogens with zero attached hydrogens (tertiary/aromatic N) is 4. The van der Waals surface area contributed by atoms with Gasteiger partial charge in [0, 0.05) is 13.1 Å². The largest absolute Gasteiger partial charge is 0.465 e. The van der Waals surface area contributed by atoms with Crippen molar-refractivity contribution < 1.29 is 23.8 Å². The molecule has 132 valence electrons. The van der Waals surface area contributed by atoms with Gasteiger partial charge in [0.15, 0.2) is 5.82 Å². The highest BCUT2D eigenvalue weighted by molar-refractivity contribution is 6.28. The van der Waals surface area contributed by atoms with Crippen molar-refractivity contribution >= 4 is 29.5 Å². The normalized spacial score (nSPS) is 14.6. The summed E-state index contributed by atoms with van der Waals surface area (Å²) in [7, 11) is 0. The number of rotatable bonds is 6. The van der Waals surface area contributed by atoms with Crippen LogP contribution in [0.3, 0.4) is 0 Å². The van der Waals surface area contributed by atoms with Gasteiger partial charge in [-0.05, 0) is 25.4 Å². The molecule has 1 aromatic heterocycles. The Balaban J connectivity index is 2.35. The fourth-order valence-corrected chi connectivity index (χ4v) is 2.31. The van der Waals surface area contributed by atoms with Crippen molar-refractivity contribution in [3.05, 3.63) is 11.1 Å². The number of halogens is 1. The average molecular weight is 359 g/mol. The van der Waals surface area contributed by atoms with Crippen LogP contribution < -0.4 is 4.90 Å². The summed E-state index contributed by atoms with van der Waals surface area (Å²) in [5.74, 6) is -2.78. The third-order valence-corrected chi connectivity index (χ3v) is 3.38. The van der Waals surface area contributed by atoms with E-state index in [1.54, 1.807) is 13.8 Å². The first-order chi connectivity index (χ1) is 11.6. The summed E-state index contributed by atoms with van der Waals surface area (Å²) in [4.78, 5) is 38.4. The predicted octanol–water partition coefficient (Wildman–Crippen LogP) is 0.571. The lowest BCUT2D eigenvalue weighted by atomic mass is 10.1. The van der Waals surface area contributed by atoms with E-state index in [0.29, 0.717) is 26.3 Å². The summed E-state index contributed by atoms with van der Waals surface area (Å²) < 4.78 is 15.1. The highest BCUT2D eigenvalue weighted by Gasteiger charge is 2.35. The van der Waals surface area contributed by atoms with Gasteiger partial charge in [0.05, 0.1) is 26.4 Å². The molecule has 1 aliphatic heterocycles. The summed E-state index contributed by atoms with van der Waals surface area (Å²) in [6.45, 7) is 5.70. The van der Waals surface area contributed by atoms with Crippen LogP contribution in [0.2, 0.25) is 5.28 Å². The number of ether oxygens (including phenoxy) is 3. The number of esters is 2. The molecule has 0 spiro atoms. The van der Waals surface area contributed by atoms with Crippen LogP contribution in [-0.4, -0.2) is 66.4 Å². The summed E-state index contributed by atoms with van der Waals surface area (Å²) in [6, 6.07) is 0. The Labute approximate surface area is 144 Å². The van der Waals surface area contributed by atoms with Gasteiger partial charge in [-0.25, -0.2) is 4.98 Å². The van der Waals surface area contributed by atoms with Gasteiger partial charge < -0.3 is 19.1 Å². The van der Waals surface area contributed by atoms with E-state index in [1.165, 1.54) is 0 Å². The van der Waals surface area contributed by atoms with E-state index in [0.717, 1.165) is 0 Å². The van der Waals surface area contributed by atoms with Gasteiger partial charge in [-0.3, -0.25) is 9.59 Å². The average Bonchev–Trinajstić information content (AvgIpc) is 2.56. The van der Waals surface area contributed by atoms with Crippen molar-refractivity contribution in [2.75, 3.05) is 44.4 Å². The smallest absolute Gasteiger partial charge is 0.328 e. The molecule has 1 fully saturated rings. The van der Waals surface area contributed by atoms with Crippen molar-refractivity contribution in [3.63, 3.8) is 0 Å². The van der Waals surface area contributed by atoms with Crippen LogP contribution in [0.1, 0.15) is 25.6 Å². The Hall–Kier alpha value is -2.00. The maximum Gasteiger partial charge on any atom is 0.328 e. The van der Waals surface area contributed by atoms with Crippen molar-refractivity contribution in [3.8, 4) is 0 Å². The lowest BCUT2D eigenvalue weighted by molar-refractivity contribution is -0.157. The standard InChI is InChI=1S/C14H19ClN4O5/c1-3-23-11(20)9(12(21)24-4-2)10-16-13(15)18-14(17-10)19-5-7-22-8-6-19/h9H,3-8H2,1-2H3. The van der Waals surface area contributed by atoms with Gasteiger partial charge in [-0.15, -0.1) is 0 Å². The maximum atomic E-state index is 12.2. The van der Waals surface area contributed by atoms with Crippen molar-refractivity contribution in [2.24, 2.45) is 0 Å². The lowest BCUT2D eigenvalue weighted by Gasteiger charge is -2.27. The minimum absolute atomic E-state index is 0.0895. The number of hydrogen-bond acceptors (Lipinski definition) is 9. The van der Waals surface area contributed by atoms with Gasteiger partial charge in [-0.1, -0.05) is 0 Å². The molecule has 0 bridgehead atoms. The second kappa shape index (κ2) is 8.74. The van der Waals surface area contributed by atoms with Crippen LogP contribution in [0.25, 0.3) is 0 Å². The monoisotopic (exact) mass is 358 g/mol. The first-order valence-electron chi connectivity index (χ1n) is 7.64. The summed E-state index contributed by atoms with van der Waals surface area (Å²) in [5.41, 5.74) is 0. The molecule has 1 saturated heterocycles. The van der Waals surface area contributed by atoms with Gasteiger partial charge in [0.25, 0.3) is 0 Å². The molecule has 2 heterocycles. The maximum absolute atomic E-state index is 12.2. The van der Waals surface area contributed by atoms with Crippen LogP contribution in [0, 0.1) is 0 Å². The number of carbonyl (C=O) groups is 2. The third kappa shape index (κ3) is 4.51. The van der Waals surface area contributed by atoms with E-state index in [-0.39, 0.29) is 30.3 Å². The Kier molecular flexibility index (Phi) is 6.68. The number of morpholine rings is 1. The zero-order valence-electron chi connectivity index (χ0n) is 13.5. The molecule has 0 amide bonds. The van der Waals surface area contributed by atoms with Crippen molar-refractivity contribution in [2.45, 2.75) is 19.8 Å². The van der Waals surface area contributed by atoms with E-state index in [4.69, 9.17) is 25.8 Å². The number of anilines is 1. The highest BCUT2D eigenvalue weighted by atomic mass is 35.5. The fraction of sp³-hybridized carbons (Fsp3) is 0.643. The molecular weight excluding hydrogens is 340 g/mol. The number of aromatic nitrogens is 3. The molecule has 0 aliphatic carbocycles. The van der Waals surface area contributed by atoms with Crippen LogP contribution >= 0.6 is 11.6 Å². The molecule has 10 heteroatoms. The molecule has 0 saturated carbocycles. The minimum Gasteiger partial charge on any atom is -0.465 e. The fourth-order valence-electron chi connectivity index (χ4n) is 2.15. The highest BCUT2D eigenvalue weighted by Crippen LogP contribution is 2.21. The lowest BCUT2D eigenvalue weighted by Crippen LogP contribution is -2.38. The van der Waals surface area contributed by atoms with Crippen LogP contribution in [-0.2, 0) is 23.8 Å². The first kappa shape index (κ1) is 18.3. The molecule has 1 aliphatic rings. The molecule has 9 nitrogen and oxygen atoms in total. The Bertz CT molecular complexity index is 577. The second-order valence-electron chi connectivity index (χ2n) is 4.80. The predicted molar refractivity (Wildman–Crippen MR) is 83.9 cm³/mol. The topological polar surface area (TPSA) is 104 Å². The van der Waals surface area contributed by atoms with E-state index in [1.807, 2.05) is 4.90 Å². The SMILES string of the molecule is CCOC(=O)C(C(=O)OCC)c1nc(Cl)nc(N2CCOCC2)n1. The van der Waals surface area contributed by atoms with E-state index in [9.17, 15) is 9.59 Å². The molecule has 0 N–H and O–H groups in total. The quantitative estimate of drug-likeness (QED) is 0.533. The summed E-state index contributed by atoms with van der Waals surface area (Å²) in [5, 5.41) is -0.111. The van der Waals surface area contributed by atoms with Gasteiger partial charge in [-0.2, -0.15) is 9.97 Å². The Morgan fingerprint density at radius 2 is 1.71 bits per heavy atom. The molecule has 0 aromatic carbocycles. The van der Waals surface area contributed by atoms with Gasteiger partial charge in [0.1, 0.15) is 0 Å². The molecule has 2 rings (SSSR count). The minimum atomic E-state index is -1.40. The molecule has 1 aromatic rings. The van der Waals surface area contributed by atoms with Crippen molar-refractivity contribution in [1.82, 2.24) is 15.0 Å². The zero-order valence-corrected chi connectivity index (χ0v) is 14.3. The summed E-state index contributed by atoms with van der Waals surface area (Å²) in [6.07, 6.45) is 0. The molecular formula is C14H19ClN4O5. The third-order valence-electron chi connectivity index (χ3n) is 3.21. The Morgan fingerprint density at radius 3 is 2.25 bits per heavy atom. The van der Waals surface area contributed by atoms with Crippen molar-refractivity contribution in [1.29, 1.82) is 0 Å². The number of carbonyl (C=O) groups excluding carboxylic acids is 2. The van der Waals surface area contributed by atoms with Crippen LogP contribution in [0.15, 0.2) is 0 Å². The Morgan fingerprint density at radius 1 is 1.12 bits per heavy atom. The number of hydrogen-bond donors (Lipinski definition) is 0. The molecule has 0 unspecified atom stereocenters. The zero-order chi connectivity index (χ0) is 17.5.